The number of nitrogens with two attached hydrogens (primary N) is 1. The summed E-state index contributed by atoms with van der Waals surface area (Å²) in [4.78, 5) is 3.11. The Bertz CT molecular complexity index is 1020. The molecule has 0 unspecified atom stereocenters. The molecule has 3 aromatic rings. The van der Waals surface area contributed by atoms with Crippen LogP contribution in [-0.4, -0.2) is 18.1 Å². The first kappa shape index (κ1) is 18.6. The third-order valence-corrected chi connectivity index (χ3v) is 5.43. The van der Waals surface area contributed by atoms with E-state index in [4.69, 9.17) is 5.73 Å². The molecule has 1 aliphatic carbocycles. The van der Waals surface area contributed by atoms with Crippen molar-refractivity contribution in [3.05, 3.63) is 71.7 Å². The molecule has 0 atom stereocenters. The highest BCUT2D eigenvalue weighted by molar-refractivity contribution is 5.92. The Hall–Kier alpha value is -2.73. The summed E-state index contributed by atoms with van der Waals surface area (Å²) in [5, 5.41) is 3.83. The zero-order valence-electron chi connectivity index (χ0n) is 15.4. The zero-order valence-corrected chi connectivity index (χ0v) is 15.4. The summed E-state index contributed by atoms with van der Waals surface area (Å²) in [6.07, 6.45) is 1.81. The minimum absolute atomic E-state index is 0.183. The molecule has 0 saturated heterocycles. The number of halogens is 3. The van der Waals surface area contributed by atoms with Gasteiger partial charge in [0.15, 0.2) is 0 Å². The third-order valence-electron chi connectivity index (χ3n) is 5.43. The van der Waals surface area contributed by atoms with Crippen LogP contribution in [0.2, 0.25) is 0 Å². The lowest BCUT2D eigenvalue weighted by Crippen LogP contribution is -2.33. The van der Waals surface area contributed by atoms with Crippen LogP contribution in [0.25, 0.3) is 22.2 Å². The molecule has 0 radical (unpaired) electrons. The molecule has 1 fully saturated rings. The van der Waals surface area contributed by atoms with Crippen LogP contribution in [0.4, 0.5) is 13.2 Å². The van der Waals surface area contributed by atoms with Gasteiger partial charge in [-0.15, -0.1) is 0 Å². The van der Waals surface area contributed by atoms with Crippen molar-refractivity contribution in [3.8, 4) is 11.3 Å². The van der Waals surface area contributed by atoms with E-state index in [2.05, 4.69) is 16.9 Å². The second kappa shape index (κ2) is 7.36. The SMILES string of the molecule is C=C(N)CNC[C@H]1C[C@H](c2c(-c3ccc(F)cc3)[nH]c3c(F)cc(F)cc32)C1. The van der Waals surface area contributed by atoms with Gasteiger partial charge in [-0.05, 0) is 72.7 Å². The fourth-order valence-electron chi connectivity index (χ4n) is 4.08. The van der Waals surface area contributed by atoms with Crippen LogP contribution in [-0.2, 0) is 0 Å². The van der Waals surface area contributed by atoms with E-state index in [1.54, 1.807) is 12.1 Å². The van der Waals surface area contributed by atoms with Gasteiger partial charge in [0.25, 0.3) is 0 Å². The van der Waals surface area contributed by atoms with Gasteiger partial charge in [0.2, 0.25) is 0 Å². The van der Waals surface area contributed by atoms with Crippen LogP contribution in [0.1, 0.15) is 24.3 Å². The van der Waals surface area contributed by atoms with Crippen molar-refractivity contribution in [2.75, 3.05) is 13.1 Å². The van der Waals surface area contributed by atoms with Crippen LogP contribution in [0.3, 0.4) is 0 Å². The first-order valence-corrected chi connectivity index (χ1v) is 9.33. The summed E-state index contributed by atoms with van der Waals surface area (Å²) >= 11 is 0. The van der Waals surface area contributed by atoms with Gasteiger partial charge in [-0.2, -0.15) is 0 Å². The quantitative estimate of drug-likeness (QED) is 0.570. The molecular weight excluding hydrogens is 363 g/mol. The van der Waals surface area contributed by atoms with Crippen LogP contribution in [0.5, 0.6) is 0 Å². The molecule has 0 aliphatic heterocycles. The molecule has 3 nitrogen and oxygen atoms in total. The average Bonchev–Trinajstić information content (AvgIpc) is 2.96. The number of fused-ring (bicyclic) bond motifs is 1. The number of rotatable bonds is 6. The van der Waals surface area contributed by atoms with E-state index in [-0.39, 0.29) is 17.3 Å². The third kappa shape index (κ3) is 3.52. The van der Waals surface area contributed by atoms with Crippen LogP contribution >= 0.6 is 0 Å². The van der Waals surface area contributed by atoms with Gasteiger partial charge in [-0.3, -0.25) is 0 Å². The van der Waals surface area contributed by atoms with Crippen LogP contribution in [0.15, 0.2) is 48.7 Å². The fraction of sp³-hybridized carbons (Fsp3) is 0.273. The molecule has 1 heterocycles. The molecule has 0 amide bonds. The smallest absolute Gasteiger partial charge is 0.150 e. The molecule has 0 bridgehead atoms. The van der Waals surface area contributed by atoms with Crippen molar-refractivity contribution in [1.82, 2.24) is 10.3 Å². The average molecular weight is 385 g/mol. The highest BCUT2D eigenvalue weighted by atomic mass is 19.1. The lowest BCUT2D eigenvalue weighted by atomic mass is 9.70. The molecule has 28 heavy (non-hydrogen) atoms. The van der Waals surface area contributed by atoms with Crippen molar-refractivity contribution in [2.24, 2.45) is 11.7 Å². The highest BCUT2D eigenvalue weighted by Gasteiger charge is 2.34. The molecule has 4 rings (SSSR count). The predicted octanol–water partition coefficient (Wildman–Crippen LogP) is 4.81. The Balaban J connectivity index is 1.67. The van der Waals surface area contributed by atoms with Gasteiger partial charge < -0.3 is 16.0 Å². The van der Waals surface area contributed by atoms with Gasteiger partial charge in [0.05, 0.1) is 11.2 Å². The largest absolute Gasteiger partial charge is 0.401 e. The van der Waals surface area contributed by atoms with E-state index < -0.39 is 11.6 Å². The van der Waals surface area contributed by atoms with Crippen molar-refractivity contribution < 1.29 is 13.2 Å². The van der Waals surface area contributed by atoms with Crippen molar-refractivity contribution >= 4 is 10.9 Å². The Morgan fingerprint density at radius 2 is 1.82 bits per heavy atom. The summed E-state index contributed by atoms with van der Waals surface area (Å²) in [5.41, 5.74) is 8.84. The van der Waals surface area contributed by atoms with Crippen molar-refractivity contribution in [3.63, 3.8) is 0 Å². The van der Waals surface area contributed by atoms with Crippen LogP contribution in [0, 0.1) is 23.4 Å². The van der Waals surface area contributed by atoms with Crippen LogP contribution < -0.4 is 11.1 Å². The summed E-state index contributed by atoms with van der Waals surface area (Å²) in [5.74, 6) is -0.912. The molecule has 1 saturated carbocycles. The molecule has 4 N–H and O–H groups in total. The minimum atomic E-state index is -0.622. The molecule has 2 aromatic carbocycles. The Kier molecular flexibility index (Phi) is 4.89. The summed E-state index contributed by atoms with van der Waals surface area (Å²) in [6.45, 7) is 5.06. The Labute approximate surface area is 161 Å². The Morgan fingerprint density at radius 1 is 1.11 bits per heavy atom. The second-order valence-electron chi connectivity index (χ2n) is 7.55. The first-order chi connectivity index (χ1) is 13.4. The number of nitrogens with one attached hydrogen (secondary N) is 2. The molecule has 6 heteroatoms. The monoisotopic (exact) mass is 385 g/mol. The lowest BCUT2D eigenvalue weighted by molar-refractivity contribution is 0.258. The molecule has 146 valence electrons. The number of aromatic amines is 1. The molecule has 1 aliphatic rings. The normalized spacial score (nSPS) is 19.0. The van der Waals surface area contributed by atoms with Gasteiger partial charge in [0, 0.05) is 23.7 Å². The molecule has 1 aromatic heterocycles. The topological polar surface area (TPSA) is 53.8 Å². The standard InChI is InChI=1S/C22H22F3N3/c1-12(26)10-27-11-13-6-15(7-13)20-18-8-17(24)9-19(25)22(18)28-21(20)14-2-4-16(23)5-3-14/h2-5,8-9,13,15,27-28H,1,6-7,10-11,26H2/t13-,15-. The maximum atomic E-state index is 14.4. The number of aromatic nitrogens is 1. The fourth-order valence-corrected chi connectivity index (χ4v) is 4.08. The van der Waals surface area contributed by atoms with E-state index >= 15 is 0 Å². The first-order valence-electron chi connectivity index (χ1n) is 9.33. The maximum absolute atomic E-state index is 14.4. The number of H-pyrrole nitrogens is 1. The number of benzene rings is 2. The van der Waals surface area contributed by atoms with Crippen molar-refractivity contribution in [2.45, 2.75) is 18.8 Å². The number of hydrogen-bond donors (Lipinski definition) is 3. The predicted molar refractivity (Wildman–Crippen MR) is 105 cm³/mol. The van der Waals surface area contributed by atoms with Gasteiger partial charge >= 0.3 is 0 Å². The molecule has 0 spiro atoms. The Morgan fingerprint density at radius 3 is 2.50 bits per heavy atom. The van der Waals surface area contributed by atoms with Gasteiger partial charge in [-0.1, -0.05) is 6.58 Å². The van der Waals surface area contributed by atoms with Gasteiger partial charge in [-0.25, -0.2) is 13.2 Å². The van der Waals surface area contributed by atoms with E-state index in [9.17, 15) is 13.2 Å². The van der Waals surface area contributed by atoms with Gasteiger partial charge in [0.1, 0.15) is 17.5 Å². The zero-order chi connectivity index (χ0) is 19.8. The van der Waals surface area contributed by atoms with E-state index in [0.717, 1.165) is 42.3 Å². The second-order valence-corrected chi connectivity index (χ2v) is 7.55. The lowest BCUT2D eigenvalue weighted by Gasteiger charge is -2.36. The summed E-state index contributed by atoms with van der Waals surface area (Å²) < 4.78 is 41.6. The summed E-state index contributed by atoms with van der Waals surface area (Å²) in [6, 6.07) is 8.31. The maximum Gasteiger partial charge on any atom is 0.150 e. The summed E-state index contributed by atoms with van der Waals surface area (Å²) in [7, 11) is 0. The minimum Gasteiger partial charge on any atom is -0.401 e. The van der Waals surface area contributed by atoms with E-state index in [1.807, 2.05) is 0 Å². The molecular formula is C22H22F3N3. The van der Waals surface area contributed by atoms with E-state index in [0.29, 0.717) is 23.5 Å². The highest BCUT2D eigenvalue weighted by Crippen LogP contribution is 2.48. The number of hydrogen-bond acceptors (Lipinski definition) is 2. The van der Waals surface area contributed by atoms with Crippen molar-refractivity contribution in [1.29, 1.82) is 0 Å². The van der Waals surface area contributed by atoms with E-state index in [1.165, 1.54) is 18.2 Å².